The first-order chi connectivity index (χ1) is 9.15. The zero-order chi connectivity index (χ0) is 13.4. The van der Waals surface area contributed by atoms with Gasteiger partial charge < -0.3 is 5.73 Å². The van der Waals surface area contributed by atoms with Gasteiger partial charge in [0.25, 0.3) is 0 Å². The second-order valence-electron chi connectivity index (χ2n) is 4.47. The maximum atomic E-state index is 6.02. The minimum absolute atomic E-state index is 0.626. The van der Waals surface area contributed by atoms with Crippen LogP contribution in [0.1, 0.15) is 11.3 Å². The van der Waals surface area contributed by atoms with E-state index in [1.165, 1.54) is 0 Å². The topological polar surface area (TPSA) is 56.7 Å². The first-order valence-electron chi connectivity index (χ1n) is 5.97. The van der Waals surface area contributed by atoms with Gasteiger partial charge in [-0.05, 0) is 30.7 Å². The molecule has 0 fully saturated rings. The van der Waals surface area contributed by atoms with E-state index in [-0.39, 0.29) is 0 Å². The maximum Gasteiger partial charge on any atom is 0.0815 e. The highest BCUT2D eigenvalue weighted by molar-refractivity contribution is 6.31. The predicted octanol–water partition coefficient (Wildman–Crippen LogP) is 3.02. The Balaban J connectivity index is 2.08. The number of aromatic nitrogens is 3. The van der Waals surface area contributed by atoms with Crippen molar-refractivity contribution in [1.29, 1.82) is 0 Å². The molecular formula is C14H13ClN4. The molecule has 0 saturated heterocycles. The van der Waals surface area contributed by atoms with Crippen LogP contribution >= 0.6 is 11.6 Å². The van der Waals surface area contributed by atoms with Gasteiger partial charge in [-0.1, -0.05) is 17.7 Å². The summed E-state index contributed by atoms with van der Waals surface area (Å²) in [5.74, 6) is 0. The Morgan fingerprint density at radius 1 is 1.32 bits per heavy atom. The van der Waals surface area contributed by atoms with Crippen LogP contribution in [0.25, 0.3) is 10.9 Å². The van der Waals surface area contributed by atoms with Gasteiger partial charge in [0, 0.05) is 23.5 Å². The second kappa shape index (κ2) is 4.55. The van der Waals surface area contributed by atoms with Crippen LogP contribution in [-0.2, 0) is 6.54 Å². The van der Waals surface area contributed by atoms with E-state index in [9.17, 15) is 0 Å². The van der Waals surface area contributed by atoms with Gasteiger partial charge in [0.15, 0.2) is 0 Å². The summed E-state index contributed by atoms with van der Waals surface area (Å²) in [6.07, 6.45) is 3.59. The number of fused-ring (bicyclic) bond motifs is 1. The lowest BCUT2D eigenvalue weighted by molar-refractivity contribution is 0.682. The maximum absolute atomic E-state index is 6.02. The largest absolute Gasteiger partial charge is 0.398 e. The first kappa shape index (κ1) is 12.0. The zero-order valence-corrected chi connectivity index (χ0v) is 11.2. The molecule has 0 radical (unpaired) electrons. The van der Waals surface area contributed by atoms with Gasteiger partial charge in [0.05, 0.1) is 22.8 Å². The summed E-state index contributed by atoms with van der Waals surface area (Å²) in [7, 11) is 0. The summed E-state index contributed by atoms with van der Waals surface area (Å²) < 4.78 is 1.82. The Labute approximate surface area is 115 Å². The number of rotatable bonds is 2. The molecule has 1 aromatic carbocycles. The molecule has 5 heteroatoms. The fourth-order valence-electron chi connectivity index (χ4n) is 2.13. The van der Waals surface area contributed by atoms with Gasteiger partial charge in [-0.25, -0.2) is 0 Å². The van der Waals surface area contributed by atoms with Crippen molar-refractivity contribution in [2.24, 2.45) is 0 Å². The smallest absolute Gasteiger partial charge is 0.0815 e. The Hall–Kier alpha value is -2.07. The number of aryl methyl sites for hydroxylation is 1. The van der Waals surface area contributed by atoms with Crippen molar-refractivity contribution >= 4 is 28.2 Å². The van der Waals surface area contributed by atoms with Crippen LogP contribution in [0.4, 0.5) is 5.69 Å². The standard InChI is InChI=1S/C14H13ClN4/c1-9-12(15)8-19(18-9)7-10-4-5-13(16)11-3-2-6-17-14(10)11/h2-6,8H,7,16H2,1H3. The third kappa shape index (κ3) is 2.15. The van der Waals surface area contributed by atoms with E-state index in [1.807, 2.05) is 42.1 Å². The number of nitrogens with two attached hydrogens (primary N) is 1. The van der Waals surface area contributed by atoms with E-state index in [2.05, 4.69) is 10.1 Å². The van der Waals surface area contributed by atoms with Crippen LogP contribution in [0.15, 0.2) is 36.7 Å². The molecule has 2 N–H and O–H groups in total. The van der Waals surface area contributed by atoms with Crippen LogP contribution in [0, 0.1) is 6.92 Å². The van der Waals surface area contributed by atoms with Crippen molar-refractivity contribution < 1.29 is 0 Å². The molecule has 0 amide bonds. The van der Waals surface area contributed by atoms with Crippen molar-refractivity contribution in [2.75, 3.05) is 5.73 Å². The number of hydrogen-bond acceptors (Lipinski definition) is 3. The summed E-state index contributed by atoms with van der Waals surface area (Å²) in [6, 6.07) is 7.74. The number of anilines is 1. The fraction of sp³-hybridized carbons (Fsp3) is 0.143. The first-order valence-corrected chi connectivity index (χ1v) is 6.34. The molecule has 96 valence electrons. The van der Waals surface area contributed by atoms with Gasteiger partial charge in [-0.2, -0.15) is 5.10 Å². The number of benzene rings is 1. The van der Waals surface area contributed by atoms with E-state index >= 15 is 0 Å². The minimum Gasteiger partial charge on any atom is -0.398 e. The minimum atomic E-state index is 0.626. The number of nitrogen functional groups attached to an aromatic ring is 1. The third-order valence-electron chi connectivity index (χ3n) is 3.11. The van der Waals surface area contributed by atoms with Crippen molar-refractivity contribution in [3.8, 4) is 0 Å². The molecule has 0 atom stereocenters. The van der Waals surface area contributed by atoms with Gasteiger partial charge in [-0.15, -0.1) is 0 Å². The summed E-state index contributed by atoms with van der Waals surface area (Å²) in [4.78, 5) is 4.41. The number of nitrogens with zero attached hydrogens (tertiary/aromatic N) is 3. The van der Waals surface area contributed by atoms with Crippen LogP contribution in [0.2, 0.25) is 5.02 Å². The molecule has 0 bridgehead atoms. The lowest BCUT2D eigenvalue weighted by Gasteiger charge is -2.08. The van der Waals surface area contributed by atoms with Crippen molar-refractivity contribution in [1.82, 2.24) is 14.8 Å². The van der Waals surface area contributed by atoms with Crippen LogP contribution < -0.4 is 5.73 Å². The van der Waals surface area contributed by atoms with Gasteiger partial charge >= 0.3 is 0 Å². The van der Waals surface area contributed by atoms with Crippen LogP contribution in [0.3, 0.4) is 0 Å². The lowest BCUT2D eigenvalue weighted by atomic mass is 10.1. The Bertz CT molecular complexity index is 729. The highest BCUT2D eigenvalue weighted by Crippen LogP contribution is 2.23. The number of halogens is 1. The summed E-state index contributed by atoms with van der Waals surface area (Å²) in [6.45, 7) is 2.51. The Morgan fingerprint density at radius 3 is 2.89 bits per heavy atom. The average molecular weight is 273 g/mol. The lowest BCUT2D eigenvalue weighted by Crippen LogP contribution is -2.02. The molecule has 0 unspecified atom stereocenters. The SMILES string of the molecule is Cc1nn(Cc2ccc(N)c3cccnc23)cc1Cl. The quantitative estimate of drug-likeness (QED) is 0.730. The molecule has 2 aromatic heterocycles. The van der Waals surface area contributed by atoms with Gasteiger partial charge in [0.1, 0.15) is 0 Å². The van der Waals surface area contributed by atoms with E-state index in [0.717, 1.165) is 27.8 Å². The van der Waals surface area contributed by atoms with Crippen molar-refractivity contribution in [3.63, 3.8) is 0 Å². The van der Waals surface area contributed by atoms with E-state index in [0.29, 0.717) is 11.6 Å². The molecule has 0 aliphatic rings. The zero-order valence-electron chi connectivity index (χ0n) is 10.5. The van der Waals surface area contributed by atoms with Gasteiger partial charge in [-0.3, -0.25) is 9.67 Å². The van der Waals surface area contributed by atoms with Crippen LogP contribution in [-0.4, -0.2) is 14.8 Å². The Morgan fingerprint density at radius 2 is 2.16 bits per heavy atom. The van der Waals surface area contributed by atoms with E-state index < -0.39 is 0 Å². The predicted molar refractivity (Wildman–Crippen MR) is 77.2 cm³/mol. The van der Waals surface area contributed by atoms with E-state index in [4.69, 9.17) is 17.3 Å². The monoisotopic (exact) mass is 272 g/mol. The molecular weight excluding hydrogens is 260 g/mol. The molecule has 0 spiro atoms. The summed E-state index contributed by atoms with van der Waals surface area (Å²) >= 11 is 6.02. The fourth-order valence-corrected chi connectivity index (χ4v) is 2.28. The normalized spacial score (nSPS) is 11.1. The average Bonchev–Trinajstić information content (AvgIpc) is 2.72. The molecule has 19 heavy (non-hydrogen) atoms. The third-order valence-corrected chi connectivity index (χ3v) is 3.48. The highest BCUT2D eigenvalue weighted by Gasteiger charge is 2.08. The molecule has 0 saturated carbocycles. The molecule has 0 aliphatic carbocycles. The van der Waals surface area contributed by atoms with Crippen molar-refractivity contribution in [3.05, 3.63) is 52.9 Å². The molecule has 2 heterocycles. The summed E-state index contributed by atoms with van der Waals surface area (Å²) in [5.41, 5.74) is 9.51. The molecule has 0 aliphatic heterocycles. The molecule has 3 rings (SSSR count). The van der Waals surface area contributed by atoms with E-state index in [1.54, 1.807) is 6.20 Å². The second-order valence-corrected chi connectivity index (χ2v) is 4.88. The summed E-state index contributed by atoms with van der Waals surface area (Å²) in [5, 5.41) is 6.00. The number of pyridine rings is 1. The highest BCUT2D eigenvalue weighted by atomic mass is 35.5. The molecule has 3 aromatic rings. The van der Waals surface area contributed by atoms with Crippen LogP contribution in [0.5, 0.6) is 0 Å². The molecule has 4 nitrogen and oxygen atoms in total. The van der Waals surface area contributed by atoms with Crippen molar-refractivity contribution in [2.45, 2.75) is 13.5 Å². The number of hydrogen-bond donors (Lipinski definition) is 1. The Kier molecular flexibility index (Phi) is 2.87. The van der Waals surface area contributed by atoms with Gasteiger partial charge in [0.2, 0.25) is 0 Å².